The number of unbranched alkanes of at least 4 members (excludes halogenated alkanes) is 1. The predicted octanol–water partition coefficient (Wildman–Crippen LogP) is 2.51. The molecule has 0 radical (unpaired) electrons. The molecule has 0 bridgehead atoms. The summed E-state index contributed by atoms with van der Waals surface area (Å²) in [6, 6.07) is 5.47. The summed E-state index contributed by atoms with van der Waals surface area (Å²) in [5, 5.41) is 0. The van der Waals surface area contributed by atoms with Crippen molar-refractivity contribution in [2.24, 2.45) is 0 Å². The zero-order chi connectivity index (χ0) is 16.8. The molecule has 0 aliphatic carbocycles. The Bertz CT molecular complexity index is 729. The van der Waals surface area contributed by atoms with Crippen molar-refractivity contribution in [2.75, 3.05) is 23.0 Å². The van der Waals surface area contributed by atoms with E-state index in [0.29, 0.717) is 6.54 Å². The molecule has 3 rings (SSSR count). The molecular weight excluding hydrogens is 312 g/mol. The van der Waals surface area contributed by atoms with Crippen molar-refractivity contribution < 1.29 is 13.2 Å². The van der Waals surface area contributed by atoms with Crippen molar-refractivity contribution in [3.05, 3.63) is 29.3 Å². The number of carbonyl (C=O) groups excluding carboxylic acids is 1. The minimum absolute atomic E-state index is 0.0444. The predicted molar refractivity (Wildman–Crippen MR) is 91.6 cm³/mol. The maximum Gasteiger partial charge on any atom is 0.325 e. The summed E-state index contributed by atoms with van der Waals surface area (Å²) >= 11 is 0. The summed E-state index contributed by atoms with van der Waals surface area (Å²) in [6.07, 6.45) is 1.88. The summed E-state index contributed by atoms with van der Waals surface area (Å²) < 4.78 is 24.3. The van der Waals surface area contributed by atoms with Crippen molar-refractivity contribution >= 4 is 21.6 Å². The molecule has 2 heterocycles. The zero-order valence-electron chi connectivity index (χ0n) is 13.9. The number of hydrogen-bond acceptors (Lipinski definition) is 3. The first-order chi connectivity index (χ1) is 10.8. The number of nitrogens with zero attached hydrogens (tertiary/aromatic N) is 2. The standard InChI is InChI=1S/C17H24N2O3S/c1-4-5-8-18-15-10-23(21,22)11-16(15)19(17(18)20)14-9-12(2)6-7-13(14)3/h6-7,9,15-16H,4-5,8,10-11H2,1-3H3/t15-,16-/m0/s1. The molecule has 2 atom stereocenters. The van der Waals surface area contributed by atoms with Crippen LogP contribution in [0.15, 0.2) is 18.2 Å². The van der Waals surface area contributed by atoms with E-state index in [4.69, 9.17) is 0 Å². The second-order valence-corrected chi connectivity index (χ2v) is 8.85. The van der Waals surface area contributed by atoms with E-state index in [1.807, 2.05) is 32.0 Å². The normalized spacial score (nSPS) is 26.0. The highest BCUT2D eigenvalue weighted by molar-refractivity contribution is 7.91. The summed E-state index contributed by atoms with van der Waals surface area (Å²) in [6.45, 7) is 6.66. The van der Waals surface area contributed by atoms with Gasteiger partial charge in [0.15, 0.2) is 9.84 Å². The number of rotatable bonds is 4. The van der Waals surface area contributed by atoms with E-state index in [-0.39, 0.29) is 29.6 Å². The number of amides is 2. The van der Waals surface area contributed by atoms with Gasteiger partial charge in [0.2, 0.25) is 0 Å². The second kappa shape index (κ2) is 5.82. The van der Waals surface area contributed by atoms with Crippen LogP contribution in [0.2, 0.25) is 0 Å². The smallest absolute Gasteiger partial charge is 0.318 e. The van der Waals surface area contributed by atoms with Crippen molar-refractivity contribution in [3.8, 4) is 0 Å². The number of urea groups is 1. The van der Waals surface area contributed by atoms with E-state index in [1.165, 1.54) is 0 Å². The lowest BCUT2D eigenvalue weighted by molar-refractivity contribution is 0.208. The topological polar surface area (TPSA) is 57.7 Å². The van der Waals surface area contributed by atoms with Crippen molar-refractivity contribution in [1.29, 1.82) is 0 Å². The first kappa shape index (κ1) is 16.3. The zero-order valence-corrected chi connectivity index (χ0v) is 14.8. The fourth-order valence-corrected chi connectivity index (χ4v) is 5.58. The van der Waals surface area contributed by atoms with Gasteiger partial charge in [-0.2, -0.15) is 0 Å². The quantitative estimate of drug-likeness (QED) is 0.794. The first-order valence-electron chi connectivity index (χ1n) is 8.21. The van der Waals surface area contributed by atoms with Crippen LogP contribution in [0.4, 0.5) is 10.5 Å². The van der Waals surface area contributed by atoms with Crippen LogP contribution in [0.1, 0.15) is 30.9 Å². The van der Waals surface area contributed by atoms with E-state index in [1.54, 1.807) is 9.80 Å². The Kier molecular flexibility index (Phi) is 4.12. The highest BCUT2D eigenvalue weighted by Crippen LogP contribution is 2.36. The van der Waals surface area contributed by atoms with Crippen molar-refractivity contribution in [3.63, 3.8) is 0 Å². The largest absolute Gasteiger partial charge is 0.325 e. The van der Waals surface area contributed by atoms with Crippen LogP contribution in [0, 0.1) is 13.8 Å². The number of hydrogen-bond donors (Lipinski definition) is 0. The lowest BCUT2D eigenvalue weighted by atomic mass is 10.1. The van der Waals surface area contributed by atoms with E-state index in [0.717, 1.165) is 29.7 Å². The van der Waals surface area contributed by atoms with E-state index in [9.17, 15) is 13.2 Å². The van der Waals surface area contributed by atoms with Crippen LogP contribution in [-0.2, 0) is 9.84 Å². The van der Waals surface area contributed by atoms with E-state index >= 15 is 0 Å². The van der Waals surface area contributed by atoms with Gasteiger partial charge in [-0.15, -0.1) is 0 Å². The molecule has 0 saturated carbocycles. The number of benzene rings is 1. The van der Waals surface area contributed by atoms with Gasteiger partial charge in [-0.05, 0) is 37.5 Å². The van der Waals surface area contributed by atoms with Crippen LogP contribution < -0.4 is 4.90 Å². The lowest BCUT2D eigenvalue weighted by Gasteiger charge is -2.24. The molecule has 0 aromatic heterocycles. The van der Waals surface area contributed by atoms with Gasteiger partial charge in [0.25, 0.3) is 0 Å². The molecule has 1 aromatic rings. The molecular formula is C17H24N2O3S. The SMILES string of the molecule is CCCCN1C(=O)N(c2cc(C)ccc2C)[C@H]2CS(=O)(=O)C[C@@H]21. The molecule has 2 aliphatic heterocycles. The molecule has 0 spiro atoms. The Morgan fingerprint density at radius 2 is 1.87 bits per heavy atom. The maximum atomic E-state index is 13.0. The van der Waals surface area contributed by atoms with Crippen molar-refractivity contribution in [1.82, 2.24) is 4.90 Å². The summed E-state index contributed by atoms with van der Waals surface area (Å²) in [7, 11) is -3.09. The molecule has 0 N–H and O–H groups in total. The molecule has 2 fully saturated rings. The minimum atomic E-state index is -3.09. The monoisotopic (exact) mass is 336 g/mol. The Hall–Kier alpha value is -1.56. The van der Waals surface area contributed by atoms with Crippen LogP contribution in [0.3, 0.4) is 0 Å². The molecule has 2 amide bonds. The third kappa shape index (κ3) is 2.84. The molecule has 1 aromatic carbocycles. The second-order valence-electron chi connectivity index (χ2n) is 6.70. The summed E-state index contributed by atoms with van der Waals surface area (Å²) in [5.74, 6) is 0.161. The minimum Gasteiger partial charge on any atom is -0.318 e. The molecule has 126 valence electrons. The first-order valence-corrected chi connectivity index (χ1v) is 10.0. The van der Waals surface area contributed by atoms with Crippen LogP contribution in [0.5, 0.6) is 0 Å². The Labute approximate surface area is 138 Å². The number of carbonyl (C=O) groups is 1. The molecule has 23 heavy (non-hydrogen) atoms. The number of sulfone groups is 1. The fourth-order valence-electron chi connectivity index (χ4n) is 3.63. The van der Waals surface area contributed by atoms with Crippen LogP contribution in [-0.4, -0.2) is 49.5 Å². The lowest BCUT2D eigenvalue weighted by Crippen LogP contribution is -2.38. The third-order valence-electron chi connectivity index (χ3n) is 4.85. The number of fused-ring (bicyclic) bond motifs is 1. The Balaban J connectivity index is 2.02. The molecule has 6 heteroatoms. The van der Waals surface area contributed by atoms with Crippen LogP contribution in [0.25, 0.3) is 0 Å². The highest BCUT2D eigenvalue weighted by Gasteiger charge is 2.53. The Morgan fingerprint density at radius 1 is 1.17 bits per heavy atom. The van der Waals surface area contributed by atoms with Gasteiger partial charge in [0.05, 0.1) is 23.6 Å². The number of anilines is 1. The molecule has 0 unspecified atom stereocenters. The van der Waals surface area contributed by atoms with Crippen LogP contribution >= 0.6 is 0 Å². The van der Waals surface area contributed by atoms with E-state index < -0.39 is 9.84 Å². The summed E-state index contributed by atoms with van der Waals surface area (Å²) in [5.41, 5.74) is 2.92. The fraction of sp³-hybridized carbons (Fsp3) is 0.588. The average molecular weight is 336 g/mol. The van der Waals surface area contributed by atoms with Gasteiger partial charge in [-0.1, -0.05) is 25.5 Å². The van der Waals surface area contributed by atoms with E-state index in [2.05, 4.69) is 6.92 Å². The van der Waals surface area contributed by atoms with Gasteiger partial charge in [0, 0.05) is 12.2 Å². The van der Waals surface area contributed by atoms with Crippen molar-refractivity contribution in [2.45, 2.75) is 45.7 Å². The molecule has 2 aliphatic rings. The van der Waals surface area contributed by atoms with Gasteiger partial charge >= 0.3 is 6.03 Å². The third-order valence-corrected chi connectivity index (χ3v) is 6.55. The molecule has 2 saturated heterocycles. The van der Waals surface area contributed by atoms with Gasteiger partial charge in [-0.3, -0.25) is 4.90 Å². The van der Waals surface area contributed by atoms with Gasteiger partial charge in [0.1, 0.15) is 0 Å². The Morgan fingerprint density at radius 3 is 2.57 bits per heavy atom. The number of aryl methyl sites for hydroxylation is 2. The summed E-state index contributed by atoms with van der Waals surface area (Å²) in [4.78, 5) is 16.5. The molecule has 5 nitrogen and oxygen atoms in total. The maximum absolute atomic E-state index is 13.0. The van der Waals surface area contributed by atoms with Gasteiger partial charge < -0.3 is 4.90 Å². The highest BCUT2D eigenvalue weighted by atomic mass is 32.2. The average Bonchev–Trinajstić information content (AvgIpc) is 2.90. The van der Waals surface area contributed by atoms with Gasteiger partial charge in [-0.25, -0.2) is 13.2 Å².